The molecule has 2 aliphatic heterocycles. The molecule has 27 heavy (non-hydrogen) atoms. The topological polar surface area (TPSA) is 73.0 Å². The van der Waals surface area contributed by atoms with Crippen LogP contribution in [0.5, 0.6) is 0 Å². The minimum atomic E-state index is -0.0687. The summed E-state index contributed by atoms with van der Waals surface area (Å²) < 4.78 is 0. The van der Waals surface area contributed by atoms with E-state index in [-0.39, 0.29) is 23.9 Å². The predicted molar refractivity (Wildman–Crippen MR) is 104 cm³/mol. The monoisotopic (exact) mass is 372 g/mol. The Morgan fingerprint density at radius 2 is 1.74 bits per heavy atom. The highest BCUT2D eigenvalue weighted by molar-refractivity contribution is 5.99. The van der Waals surface area contributed by atoms with E-state index < -0.39 is 0 Å². The molecule has 1 aromatic carbocycles. The van der Waals surface area contributed by atoms with E-state index in [4.69, 9.17) is 0 Å². The second-order valence-corrected chi connectivity index (χ2v) is 7.53. The Balaban J connectivity index is 1.68. The zero-order valence-corrected chi connectivity index (χ0v) is 16.3. The average molecular weight is 372 g/mol. The predicted octanol–water partition coefficient (Wildman–Crippen LogP) is 1.86. The van der Waals surface area contributed by atoms with E-state index in [0.29, 0.717) is 44.6 Å². The Morgan fingerprint density at radius 1 is 1.04 bits per heavy atom. The third kappa shape index (κ3) is 4.23. The van der Waals surface area contributed by atoms with Gasteiger partial charge in [-0.15, -0.1) is 0 Å². The van der Waals surface area contributed by atoms with Gasteiger partial charge in [-0.1, -0.05) is 0 Å². The average Bonchev–Trinajstić information content (AvgIpc) is 2.89. The molecule has 7 nitrogen and oxygen atoms in total. The van der Waals surface area contributed by atoms with Crippen LogP contribution in [0.15, 0.2) is 18.2 Å². The molecule has 0 aromatic heterocycles. The zero-order valence-electron chi connectivity index (χ0n) is 16.3. The molecule has 1 aromatic rings. The molecule has 146 valence electrons. The van der Waals surface area contributed by atoms with Crippen LogP contribution in [0, 0.1) is 0 Å². The van der Waals surface area contributed by atoms with Crippen LogP contribution in [0.4, 0.5) is 10.5 Å². The van der Waals surface area contributed by atoms with E-state index in [2.05, 4.69) is 5.32 Å². The number of amides is 4. The van der Waals surface area contributed by atoms with Crippen LogP contribution in [-0.4, -0.2) is 66.9 Å². The molecule has 0 unspecified atom stereocenters. The number of nitrogens with one attached hydrogen (secondary N) is 1. The van der Waals surface area contributed by atoms with Gasteiger partial charge in [0.25, 0.3) is 5.91 Å². The lowest BCUT2D eigenvalue weighted by Gasteiger charge is -2.27. The van der Waals surface area contributed by atoms with Crippen molar-refractivity contribution in [3.05, 3.63) is 29.3 Å². The van der Waals surface area contributed by atoms with Crippen LogP contribution in [0.3, 0.4) is 0 Å². The maximum Gasteiger partial charge on any atom is 0.317 e. The fourth-order valence-corrected chi connectivity index (χ4v) is 3.63. The molecule has 3 rings (SSSR count). The van der Waals surface area contributed by atoms with Crippen LogP contribution in [0.2, 0.25) is 0 Å². The molecule has 1 N–H and O–H groups in total. The largest absolute Gasteiger partial charge is 0.337 e. The molecule has 0 atom stereocenters. The summed E-state index contributed by atoms with van der Waals surface area (Å²) in [4.78, 5) is 42.3. The van der Waals surface area contributed by atoms with Crippen LogP contribution >= 0.6 is 0 Å². The molecular formula is C20H28N4O3. The van der Waals surface area contributed by atoms with Crippen molar-refractivity contribution in [2.75, 3.05) is 38.1 Å². The van der Waals surface area contributed by atoms with E-state index >= 15 is 0 Å². The lowest BCUT2D eigenvalue weighted by Crippen LogP contribution is -2.44. The van der Waals surface area contributed by atoms with Crippen LogP contribution in [0.25, 0.3) is 0 Å². The first kappa shape index (κ1) is 19.2. The molecule has 0 bridgehead atoms. The van der Waals surface area contributed by atoms with Gasteiger partial charge in [-0.2, -0.15) is 0 Å². The first-order valence-electron chi connectivity index (χ1n) is 9.61. The number of carbonyl (C=O) groups excluding carboxylic acids is 3. The van der Waals surface area contributed by atoms with Crippen LogP contribution in [-0.2, 0) is 11.2 Å². The second-order valence-electron chi connectivity index (χ2n) is 7.53. The molecule has 4 amide bonds. The molecule has 1 saturated heterocycles. The first-order chi connectivity index (χ1) is 12.9. The van der Waals surface area contributed by atoms with Gasteiger partial charge in [0.05, 0.1) is 0 Å². The van der Waals surface area contributed by atoms with Crippen molar-refractivity contribution in [1.82, 2.24) is 15.1 Å². The van der Waals surface area contributed by atoms with Gasteiger partial charge >= 0.3 is 6.03 Å². The third-order valence-electron chi connectivity index (χ3n) is 5.15. The number of benzene rings is 1. The highest BCUT2D eigenvalue weighted by atomic mass is 16.2. The second kappa shape index (κ2) is 7.98. The maximum absolute atomic E-state index is 13.0. The van der Waals surface area contributed by atoms with Gasteiger partial charge in [-0.05, 0) is 50.5 Å². The van der Waals surface area contributed by atoms with E-state index in [1.165, 1.54) is 0 Å². The van der Waals surface area contributed by atoms with Crippen molar-refractivity contribution in [2.24, 2.45) is 0 Å². The first-order valence-corrected chi connectivity index (χ1v) is 9.61. The SMILES string of the molecule is CC(C)NC(=O)N1CCCN(C(=O)c2ccc3c(c2)CCC(=O)N3C)CC1. The van der Waals surface area contributed by atoms with Crippen molar-refractivity contribution in [2.45, 2.75) is 39.2 Å². The van der Waals surface area contributed by atoms with Crippen molar-refractivity contribution in [3.63, 3.8) is 0 Å². The molecule has 2 aliphatic rings. The lowest BCUT2D eigenvalue weighted by molar-refractivity contribution is -0.118. The Labute approximate surface area is 160 Å². The van der Waals surface area contributed by atoms with Gasteiger partial charge in [0, 0.05) is 56.9 Å². The summed E-state index contributed by atoms with van der Waals surface area (Å²) >= 11 is 0. The molecule has 0 saturated carbocycles. The number of hydrogen-bond acceptors (Lipinski definition) is 3. The number of aryl methyl sites for hydroxylation is 1. The van der Waals surface area contributed by atoms with Crippen molar-refractivity contribution < 1.29 is 14.4 Å². The number of nitrogens with zero attached hydrogens (tertiary/aromatic N) is 3. The zero-order chi connectivity index (χ0) is 19.6. The Kier molecular flexibility index (Phi) is 5.68. The normalized spacial score (nSPS) is 17.6. The molecule has 2 heterocycles. The van der Waals surface area contributed by atoms with Gasteiger partial charge in [0.15, 0.2) is 0 Å². The third-order valence-corrected chi connectivity index (χ3v) is 5.15. The molecule has 7 heteroatoms. The number of fused-ring (bicyclic) bond motifs is 1. The van der Waals surface area contributed by atoms with Gasteiger partial charge in [-0.25, -0.2) is 4.79 Å². The summed E-state index contributed by atoms with van der Waals surface area (Å²) in [7, 11) is 1.77. The molecule has 0 spiro atoms. The van der Waals surface area contributed by atoms with Crippen molar-refractivity contribution in [3.8, 4) is 0 Å². The summed E-state index contributed by atoms with van der Waals surface area (Å²) in [5, 5.41) is 2.91. The summed E-state index contributed by atoms with van der Waals surface area (Å²) in [5.74, 6) is 0.0948. The van der Waals surface area contributed by atoms with Crippen LogP contribution < -0.4 is 10.2 Å². The van der Waals surface area contributed by atoms with Crippen LogP contribution in [0.1, 0.15) is 42.6 Å². The summed E-state index contributed by atoms with van der Waals surface area (Å²) in [6.45, 7) is 6.23. The fourth-order valence-electron chi connectivity index (χ4n) is 3.63. The van der Waals surface area contributed by atoms with E-state index in [0.717, 1.165) is 17.7 Å². The minimum absolute atomic E-state index is 0.0107. The molecule has 0 radical (unpaired) electrons. The molecular weight excluding hydrogens is 344 g/mol. The Morgan fingerprint density at radius 3 is 2.48 bits per heavy atom. The molecule has 0 aliphatic carbocycles. The summed E-state index contributed by atoms with van der Waals surface area (Å²) in [5.41, 5.74) is 2.57. The van der Waals surface area contributed by atoms with Crippen molar-refractivity contribution >= 4 is 23.5 Å². The number of urea groups is 1. The number of anilines is 1. The number of carbonyl (C=O) groups is 3. The van der Waals surface area contributed by atoms with E-state index in [1.807, 2.05) is 30.9 Å². The van der Waals surface area contributed by atoms with E-state index in [1.54, 1.807) is 22.9 Å². The van der Waals surface area contributed by atoms with Gasteiger partial charge in [-0.3, -0.25) is 9.59 Å². The smallest absolute Gasteiger partial charge is 0.317 e. The maximum atomic E-state index is 13.0. The quantitative estimate of drug-likeness (QED) is 0.861. The Bertz CT molecular complexity index is 747. The van der Waals surface area contributed by atoms with E-state index in [9.17, 15) is 14.4 Å². The standard InChI is InChI=1S/C20H28N4O3/c1-14(2)21-20(27)24-10-4-9-23(11-12-24)19(26)16-5-7-17-15(13-16)6-8-18(25)22(17)3/h5,7,13-14H,4,6,8-12H2,1-3H3,(H,21,27). The highest BCUT2D eigenvalue weighted by Crippen LogP contribution is 2.28. The van der Waals surface area contributed by atoms with Gasteiger partial charge < -0.3 is 20.0 Å². The Hall–Kier alpha value is -2.57. The van der Waals surface area contributed by atoms with Crippen molar-refractivity contribution in [1.29, 1.82) is 0 Å². The number of hydrogen-bond donors (Lipinski definition) is 1. The number of rotatable bonds is 2. The summed E-state index contributed by atoms with van der Waals surface area (Å²) in [6.07, 6.45) is 1.91. The fraction of sp³-hybridized carbons (Fsp3) is 0.550. The van der Waals surface area contributed by atoms with Gasteiger partial charge in [0.1, 0.15) is 0 Å². The summed E-state index contributed by atoms with van der Waals surface area (Å²) in [6, 6.07) is 5.60. The molecule has 1 fully saturated rings. The lowest BCUT2D eigenvalue weighted by atomic mass is 9.98. The van der Waals surface area contributed by atoms with Gasteiger partial charge in [0.2, 0.25) is 5.91 Å². The minimum Gasteiger partial charge on any atom is -0.337 e. The highest BCUT2D eigenvalue weighted by Gasteiger charge is 2.25.